The number of hydrogen-bond acceptors (Lipinski definition) is 4. The summed E-state index contributed by atoms with van der Waals surface area (Å²) in [5, 5.41) is 5.48. The second kappa shape index (κ2) is 7.74. The Morgan fingerprint density at radius 1 is 0.958 bits per heavy atom. The predicted octanol–water partition coefficient (Wildman–Crippen LogP) is 5.45. The van der Waals surface area contributed by atoms with E-state index in [2.05, 4.69) is 37.0 Å². The molecule has 0 spiro atoms. The van der Waals surface area contributed by atoms with Crippen molar-refractivity contribution >= 4 is 78.4 Å². The molecule has 0 aliphatic carbocycles. The first-order chi connectivity index (χ1) is 11.5. The van der Waals surface area contributed by atoms with Crippen LogP contribution in [-0.2, 0) is 4.79 Å². The quantitative estimate of drug-likeness (QED) is 0.332. The van der Waals surface area contributed by atoms with Crippen molar-refractivity contribution in [3.05, 3.63) is 73.5 Å². The van der Waals surface area contributed by atoms with Crippen LogP contribution >= 0.6 is 55.8 Å². The van der Waals surface area contributed by atoms with E-state index < -0.39 is 0 Å². The molecule has 1 heterocycles. The smallest absolute Gasteiger partial charge is 0.266 e. The molecule has 0 bridgehead atoms. The third-order valence-corrected chi connectivity index (χ3v) is 5.47. The van der Waals surface area contributed by atoms with Gasteiger partial charge in [0, 0.05) is 8.95 Å². The average Bonchev–Trinajstić information content (AvgIpc) is 2.83. The summed E-state index contributed by atoms with van der Waals surface area (Å²) in [4.78, 5) is 13.0. The Bertz CT molecular complexity index is 846. The molecule has 3 rings (SSSR count). The van der Waals surface area contributed by atoms with E-state index in [0.717, 1.165) is 20.1 Å². The number of carbonyl (C=O) groups excluding carboxylic acids is 1. The van der Waals surface area contributed by atoms with Gasteiger partial charge in [0.2, 0.25) is 0 Å². The molecule has 120 valence electrons. The SMILES string of the molecule is O=C1/C(=C\c2ccc(Br)cc2)SC(=S)N1/N=C\c1ccc(Br)cc1. The molecule has 1 saturated heterocycles. The maximum atomic E-state index is 12.5. The van der Waals surface area contributed by atoms with Crippen LogP contribution < -0.4 is 0 Å². The van der Waals surface area contributed by atoms with Gasteiger partial charge >= 0.3 is 0 Å². The molecule has 0 unspecified atom stereocenters. The Balaban J connectivity index is 1.78. The van der Waals surface area contributed by atoms with Crippen LogP contribution in [0.4, 0.5) is 0 Å². The maximum absolute atomic E-state index is 12.5. The highest BCUT2D eigenvalue weighted by molar-refractivity contribution is 9.10. The molecule has 1 aliphatic rings. The molecule has 0 radical (unpaired) electrons. The van der Waals surface area contributed by atoms with E-state index in [1.165, 1.54) is 16.8 Å². The zero-order chi connectivity index (χ0) is 17.1. The Labute approximate surface area is 166 Å². The van der Waals surface area contributed by atoms with E-state index in [9.17, 15) is 4.79 Å². The molecule has 0 N–H and O–H groups in total. The summed E-state index contributed by atoms with van der Waals surface area (Å²) < 4.78 is 2.41. The van der Waals surface area contributed by atoms with Gasteiger partial charge < -0.3 is 0 Å². The molecule has 3 nitrogen and oxygen atoms in total. The molecular formula is C17H10Br2N2OS2. The molecule has 2 aromatic carbocycles. The van der Waals surface area contributed by atoms with Crippen molar-refractivity contribution in [2.75, 3.05) is 0 Å². The van der Waals surface area contributed by atoms with Crippen molar-refractivity contribution in [1.29, 1.82) is 0 Å². The summed E-state index contributed by atoms with van der Waals surface area (Å²) in [6.45, 7) is 0. The Morgan fingerprint density at radius 3 is 2.08 bits per heavy atom. The fourth-order valence-electron chi connectivity index (χ4n) is 1.94. The molecule has 0 atom stereocenters. The Hall–Kier alpha value is -1.28. The molecule has 1 fully saturated rings. The fraction of sp³-hybridized carbons (Fsp3) is 0. The van der Waals surface area contributed by atoms with Gasteiger partial charge in [0.1, 0.15) is 0 Å². The van der Waals surface area contributed by atoms with E-state index in [4.69, 9.17) is 12.2 Å². The Kier molecular flexibility index (Phi) is 5.65. The largest absolute Gasteiger partial charge is 0.286 e. The number of hydrogen-bond donors (Lipinski definition) is 0. The van der Waals surface area contributed by atoms with Gasteiger partial charge in [-0.1, -0.05) is 67.9 Å². The lowest BCUT2D eigenvalue weighted by atomic mass is 10.2. The molecular weight excluding hydrogens is 472 g/mol. The number of amides is 1. The van der Waals surface area contributed by atoms with Gasteiger partial charge in [0.05, 0.1) is 11.1 Å². The van der Waals surface area contributed by atoms with Crippen molar-refractivity contribution in [3.63, 3.8) is 0 Å². The highest BCUT2D eigenvalue weighted by atomic mass is 79.9. The van der Waals surface area contributed by atoms with Crippen LogP contribution in [0, 0.1) is 0 Å². The number of carbonyl (C=O) groups is 1. The monoisotopic (exact) mass is 480 g/mol. The lowest BCUT2D eigenvalue weighted by Gasteiger charge is -2.06. The molecule has 2 aromatic rings. The molecule has 1 amide bonds. The van der Waals surface area contributed by atoms with Crippen molar-refractivity contribution in [1.82, 2.24) is 5.01 Å². The topological polar surface area (TPSA) is 32.7 Å². The van der Waals surface area contributed by atoms with Gasteiger partial charge in [0.15, 0.2) is 4.32 Å². The highest BCUT2D eigenvalue weighted by Gasteiger charge is 2.31. The highest BCUT2D eigenvalue weighted by Crippen LogP contribution is 2.32. The number of thiocarbonyl (C=S) groups is 1. The van der Waals surface area contributed by atoms with Crippen LogP contribution in [0.25, 0.3) is 6.08 Å². The Morgan fingerprint density at radius 2 is 1.50 bits per heavy atom. The summed E-state index contributed by atoms with van der Waals surface area (Å²) in [5.74, 6) is -0.207. The number of hydrazone groups is 1. The predicted molar refractivity (Wildman–Crippen MR) is 111 cm³/mol. The van der Waals surface area contributed by atoms with Crippen LogP contribution in [0.3, 0.4) is 0 Å². The molecule has 24 heavy (non-hydrogen) atoms. The summed E-state index contributed by atoms with van der Waals surface area (Å²) in [6.07, 6.45) is 3.45. The van der Waals surface area contributed by atoms with Gasteiger partial charge in [-0.2, -0.15) is 10.1 Å². The molecule has 0 saturated carbocycles. The zero-order valence-corrected chi connectivity index (χ0v) is 17.0. The van der Waals surface area contributed by atoms with Gasteiger partial charge in [-0.15, -0.1) is 0 Å². The summed E-state index contributed by atoms with van der Waals surface area (Å²) >= 11 is 13.3. The zero-order valence-electron chi connectivity index (χ0n) is 12.1. The van der Waals surface area contributed by atoms with E-state index in [1.54, 1.807) is 6.21 Å². The third kappa shape index (κ3) is 4.22. The van der Waals surface area contributed by atoms with Crippen LogP contribution in [0.15, 0.2) is 67.5 Å². The van der Waals surface area contributed by atoms with E-state index >= 15 is 0 Å². The van der Waals surface area contributed by atoms with Crippen LogP contribution in [0.5, 0.6) is 0 Å². The first kappa shape index (κ1) is 17.5. The third-order valence-electron chi connectivity index (χ3n) is 3.13. The first-order valence-corrected chi connectivity index (χ1v) is 9.67. The minimum Gasteiger partial charge on any atom is -0.266 e. The summed E-state index contributed by atoms with van der Waals surface area (Å²) in [6, 6.07) is 15.4. The summed E-state index contributed by atoms with van der Waals surface area (Å²) in [7, 11) is 0. The fourth-order valence-corrected chi connectivity index (χ4v) is 3.64. The second-order valence-corrected chi connectivity index (χ2v) is 8.35. The lowest BCUT2D eigenvalue weighted by Crippen LogP contribution is -2.22. The van der Waals surface area contributed by atoms with Crippen molar-refractivity contribution < 1.29 is 4.79 Å². The van der Waals surface area contributed by atoms with Gasteiger partial charge in [-0.05, 0) is 53.7 Å². The molecule has 7 heteroatoms. The van der Waals surface area contributed by atoms with Crippen molar-refractivity contribution in [2.24, 2.45) is 5.10 Å². The summed E-state index contributed by atoms with van der Waals surface area (Å²) in [5.41, 5.74) is 1.83. The minimum absolute atomic E-state index is 0.207. The second-order valence-electron chi connectivity index (χ2n) is 4.84. The van der Waals surface area contributed by atoms with Crippen LogP contribution in [-0.4, -0.2) is 21.5 Å². The lowest BCUT2D eigenvalue weighted by molar-refractivity contribution is -0.122. The normalized spacial score (nSPS) is 16.6. The van der Waals surface area contributed by atoms with Crippen molar-refractivity contribution in [3.8, 4) is 0 Å². The molecule has 1 aliphatic heterocycles. The van der Waals surface area contributed by atoms with Crippen LogP contribution in [0.1, 0.15) is 11.1 Å². The van der Waals surface area contributed by atoms with Crippen molar-refractivity contribution in [2.45, 2.75) is 0 Å². The maximum Gasteiger partial charge on any atom is 0.286 e. The van der Waals surface area contributed by atoms with E-state index in [1.807, 2.05) is 54.6 Å². The van der Waals surface area contributed by atoms with Gasteiger partial charge in [0.25, 0.3) is 5.91 Å². The standard InChI is InChI=1S/C17H10Br2N2OS2/c18-13-5-1-11(2-6-13)9-15-16(22)21(17(23)24-15)20-10-12-3-7-14(19)8-4-12/h1-10H/b15-9+,20-10-. The van der Waals surface area contributed by atoms with E-state index in [-0.39, 0.29) is 5.91 Å². The number of nitrogens with zero attached hydrogens (tertiary/aromatic N) is 2. The minimum atomic E-state index is -0.207. The number of thioether (sulfide) groups is 1. The number of benzene rings is 2. The molecule has 0 aromatic heterocycles. The number of halogens is 2. The number of rotatable bonds is 3. The first-order valence-electron chi connectivity index (χ1n) is 6.86. The van der Waals surface area contributed by atoms with E-state index in [0.29, 0.717) is 9.23 Å². The van der Waals surface area contributed by atoms with Crippen LogP contribution in [0.2, 0.25) is 0 Å². The van der Waals surface area contributed by atoms with Gasteiger partial charge in [-0.25, -0.2) is 0 Å². The van der Waals surface area contributed by atoms with Gasteiger partial charge in [-0.3, -0.25) is 4.79 Å². The average molecular weight is 482 g/mol.